The van der Waals surface area contributed by atoms with Crippen molar-refractivity contribution >= 4 is 12.0 Å². The molecule has 0 radical (unpaired) electrons. The number of carbonyl (C=O) groups excluding carboxylic acids is 1. The number of aromatic hydroxyl groups is 1. The monoisotopic (exact) mass is 472 g/mol. The van der Waals surface area contributed by atoms with Gasteiger partial charge in [0.05, 0.1) is 5.60 Å². The van der Waals surface area contributed by atoms with Crippen LogP contribution in [0.5, 0.6) is 5.75 Å². The van der Waals surface area contributed by atoms with Crippen molar-refractivity contribution in [1.29, 1.82) is 0 Å². The maximum Gasteiger partial charge on any atom is 0.246 e. The Morgan fingerprint density at radius 1 is 1.26 bits per heavy atom. The number of nitrogens with zero attached hydrogens (tertiary/aromatic N) is 2. The first-order valence-corrected chi connectivity index (χ1v) is 12.7. The van der Waals surface area contributed by atoms with Gasteiger partial charge in [0.2, 0.25) is 5.91 Å². The van der Waals surface area contributed by atoms with Gasteiger partial charge in [0.1, 0.15) is 5.75 Å². The number of benzene rings is 2. The van der Waals surface area contributed by atoms with Gasteiger partial charge in [-0.2, -0.15) is 0 Å². The molecule has 2 aromatic carbocycles. The summed E-state index contributed by atoms with van der Waals surface area (Å²) >= 11 is 0. The van der Waals surface area contributed by atoms with Crippen LogP contribution in [0.2, 0.25) is 0 Å². The number of phenolic OH excluding ortho intramolecular Hbond substituents is 1. The number of piperidine rings is 1. The third kappa shape index (κ3) is 3.91. The third-order valence-corrected chi connectivity index (χ3v) is 8.83. The molecule has 1 saturated heterocycles. The quantitative estimate of drug-likeness (QED) is 0.506. The van der Waals surface area contributed by atoms with E-state index in [4.69, 9.17) is 0 Å². The molecule has 1 unspecified atom stereocenters. The number of hydrogen-bond donors (Lipinski definition) is 2. The largest absolute Gasteiger partial charge is 0.508 e. The second-order valence-electron chi connectivity index (χ2n) is 10.7. The Morgan fingerprint density at radius 2 is 2.09 bits per heavy atom. The van der Waals surface area contributed by atoms with Crippen molar-refractivity contribution in [2.24, 2.45) is 0 Å². The molecule has 2 aromatic rings. The molecule has 2 bridgehead atoms. The number of rotatable bonds is 5. The van der Waals surface area contributed by atoms with Crippen molar-refractivity contribution in [3.8, 4) is 5.75 Å². The summed E-state index contributed by atoms with van der Waals surface area (Å²) in [4.78, 5) is 17.4. The highest BCUT2D eigenvalue weighted by molar-refractivity contribution is 5.91. The van der Waals surface area contributed by atoms with Crippen LogP contribution in [0, 0.1) is 6.92 Å². The summed E-state index contributed by atoms with van der Waals surface area (Å²) in [5.41, 5.74) is 3.05. The van der Waals surface area contributed by atoms with Crippen LogP contribution in [0.4, 0.5) is 0 Å². The standard InChI is InChI=1S/C30H36N2O3/c1-4-15-32-16-14-29-20-24(31(3)28(34)11-8-22-7-5-6-21(2)17-22)12-13-30(29,35)27(32)18-23-9-10-25(33)19-26(23)29/h4-11,17,19,24,27,33,35H,1,12-16,18,20H2,2-3H3/b11-8+/t24?,27-,29-,30-/m1/s1. The summed E-state index contributed by atoms with van der Waals surface area (Å²) in [5.74, 6) is 0.214. The lowest BCUT2D eigenvalue weighted by atomic mass is 9.48. The topological polar surface area (TPSA) is 64.0 Å². The van der Waals surface area contributed by atoms with Crippen molar-refractivity contribution in [2.45, 2.75) is 62.1 Å². The van der Waals surface area contributed by atoms with E-state index in [2.05, 4.69) is 17.5 Å². The van der Waals surface area contributed by atoms with Crippen LogP contribution < -0.4 is 0 Å². The zero-order chi connectivity index (χ0) is 24.8. The highest BCUT2D eigenvalue weighted by Crippen LogP contribution is 2.59. The Balaban J connectivity index is 1.46. The molecule has 2 N–H and O–H groups in total. The van der Waals surface area contributed by atoms with Crippen molar-refractivity contribution in [2.75, 3.05) is 20.1 Å². The zero-order valence-electron chi connectivity index (χ0n) is 20.8. The molecule has 35 heavy (non-hydrogen) atoms. The number of likely N-dealkylation sites (tertiary alicyclic amines) is 1. The van der Waals surface area contributed by atoms with E-state index in [-0.39, 0.29) is 23.7 Å². The van der Waals surface area contributed by atoms with E-state index in [1.54, 1.807) is 12.1 Å². The molecule has 3 aliphatic rings. The van der Waals surface area contributed by atoms with Crippen LogP contribution in [-0.4, -0.2) is 63.7 Å². The number of likely N-dealkylation sites (N-methyl/N-ethyl adjacent to an activating group) is 1. The average molecular weight is 473 g/mol. The molecule has 4 atom stereocenters. The fourth-order valence-corrected chi connectivity index (χ4v) is 7.03. The fraction of sp³-hybridized carbons (Fsp3) is 0.433. The second kappa shape index (κ2) is 8.96. The molecular weight excluding hydrogens is 436 g/mol. The highest BCUT2D eigenvalue weighted by atomic mass is 16.3. The molecule has 1 amide bonds. The van der Waals surface area contributed by atoms with Crippen molar-refractivity contribution < 1.29 is 15.0 Å². The molecular formula is C30H36N2O3. The van der Waals surface area contributed by atoms with Crippen LogP contribution >= 0.6 is 0 Å². The summed E-state index contributed by atoms with van der Waals surface area (Å²) in [6.45, 7) is 7.59. The number of amides is 1. The molecule has 184 valence electrons. The maximum absolute atomic E-state index is 13.2. The van der Waals surface area contributed by atoms with Gasteiger partial charge in [0, 0.05) is 37.2 Å². The Hall–Kier alpha value is -2.89. The van der Waals surface area contributed by atoms with E-state index < -0.39 is 11.0 Å². The van der Waals surface area contributed by atoms with Gasteiger partial charge in [0.15, 0.2) is 0 Å². The van der Waals surface area contributed by atoms with Crippen LogP contribution in [0.1, 0.15) is 47.9 Å². The number of aryl methyl sites for hydroxylation is 1. The maximum atomic E-state index is 13.2. The Kier molecular flexibility index (Phi) is 6.10. The lowest BCUT2D eigenvalue weighted by Crippen LogP contribution is -2.74. The van der Waals surface area contributed by atoms with Crippen molar-refractivity contribution in [3.63, 3.8) is 0 Å². The van der Waals surface area contributed by atoms with Gasteiger partial charge in [-0.15, -0.1) is 6.58 Å². The predicted octanol–water partition coefficient (Wildman–Crippen LogP) is 4.21. The summed E-state index contributed by atoms with van der Waals surface area (Å²) in [6.07, 6.45) is 9.09. The minimum Gasteiger partial charge on any atom is -0.508 e. The first kappa shape index (κ1) is 23.8. The number of carbonyl (C=O) groups is 1. The molecule has 1 aliphatic heterocycles. The second-order valence-corrected chi connectivity index (χ2v) is 10.7. The molecule has 1 heterocycles. The summed E-state index contributed by atoms with van der Waals surface area (Å²) in [5, 5.41) is 22.7. The van der Waals surface area contributed by atoms with Gasteiger partial charge in [-0.25, -0.2) is 0 Å². The van der Waals surface area contributed by atoms with E-state index >= 15 is 0 Å². The zero-order valence-corrected chi connectivity index (χ0v) is 20.8. The Labute approximate surface area is 208 Å². The molecule has 5 heteroatoms. The van der Waals surface area contributed by atoms with Gasteiger partial charge in [0.25, 0.3) is 0 Å². The third-order valence-electron chi connectivity index (χ3n) is 8.83. The Morgan fingerprint density at radius 3 is 2.86 bits per heavy atom. The van der Waals surface area contributed by atoms with Gasteiger partial charge in [-0.3, -0.25) is 9.69 Å². The van der Waals surface area contributed by atoms with Gasteiger partial charge in [-0.05, 0) is 80.5 Å². The van der Waals surface area contributed by atoms with E-state index in [0.29, 0.717) is 12.8 Å². The molecule has 1 saturated carbocycles. The molecule has 0 aromatic heterocycles. The number of phenols is 1. The highest BCUT2D eigenvalue weighted by Gasteiger charge is 2.64. The van der Waals surface area contributed by atoms with Crippen LogP contribution in [-0.2, 0) is 16.6 Å². The molecule has 2 fully saturated rings. The van der Waals surface area contributed by atoms with E-state index in [9.17, 15) is 15.0 Å². The van der Waals surface area contributed by atoms with Crippen molar-refractivity contribution in [1.82, 2.24) is 9.80 Å². The lowest BCUT2D eigenvalue weighted by Gasteiger charge is -2.65. The smallest absolute Gasteiger partial charge is 0.246 e. The predicted molar refractivity (Wildman–Crippen MR) is 139 cm³/mol. The van der Waals surface area contributed by atoms with Gasteiger partial charge < -0.3 is 15.1 Å². The summed E-state index contributed by atoms with van der Waals surface area (Å²) < 4.78 is 0. The minimum absolute atomic E-state index is 0.00877. The number of aliphatic hydroxyl groups is 1. The van der Waals surface area contributed by atoms with E-state index in [1.165, 1.54) is 5.56 Å². The van der Waals surface area contributed by atoms with E-state index in [1.807, 2.05) is 61.4 Å². The first-order valence-electron chi connectivity index (χ1n) is 12.7. The SMILES string of the molecule is C=CCN1CC[C@]23CC(N(C)C(=O)/C=C/c4cccc(C)c4)CC[C@@]2(O)[C@H]1Cc1ccc(O)cc13. The van der Waals surface area contributed by atoms with Gasteiger partial charge >= 0.3 is 0 Å². The number of fused-ring (bicyclic) bond motifs is 1. The molecule has 5 rings (SSSR count). The molecule has 2 aliphatic carbocycles. The summed E-state index contributed by atoms with van der Waals surface area (Å²) in [6, 6.07) is 13.8. The van der Waals surface area contributed by atoms with Crippen LogP contribution in [0.3, 0.4) is 0 Å². The Bertz CT molecular complexity index is 1170. The lowest BCUT2D eigenvalue weighted by molar-refractivity contribution is -0.175. The fourth-order valence-electron chi connectivity index (χ4n) is 7.03. The van der Waals surface area contributed by atoms with Crippen LogP contribution in [0.25, 0.3) is 6.08 Å². The normalized spacial score (nSPS) is 29.9. The number of hydrogen-bond acceptors (Lipinski definition) is 4. The van der Waals surface area contributed by atoms with Crippen molar-refractivity contribution in [3.05, 3.63) is 83.4 Å². The minimum atomic E-state index is -0.896. The molecule has 0 spiro atoms. The van der Waals surface area contributed by atoms with Crippen LogP contribution in [0.15, 0.2) is 61.2 Å². The average Bonchev–Trinajstić information content (AvgIpc) is 2.84. The summed E-state index contributed by atoms with van der Waals surface area (Å²) in [7, 11) is 1.88. The first-order chi connectivity index (χ1) is 16.8. The van der Waals surface area contributed by atoms with E-state index in [0.717, 1.165) is 49.0 Å². The van der Waals surface area contributed by atoms with Gasteiger partial charge in [-0.1, -0.05) is 42.0 Å². The molecule has 5 nitrogen and oxygen atoms in total.